The van der Waals surface area contributed by atoms with E-state index in [0.29, 0.717) is 23.2 Å². The molecule has 0 aromatic heterocycles. The van der Waals surface area contributed by atoms with Crippen LogP contribution >= 0.6 is 0 Å². The third kappa shape index (κ3) is 1.21. The highest BCUT2D eigenvalue weighted by Gasteiger charge is 2.46. The monoisotopic (exact) mass is 217 g/mol. The first-order chi connectivity index (χ1) is 7.72. The third-order valence-electron chi connectivity index (χ3n) is 3.18. The highest BCUT2D eigenvalue weighted by atomic mass is 16.5. The molecule has 2 unspecified atom stereocenters. The Morgan fingerprint density at radius 2 is 2.44 bits per heavy atom. The molecule has 1 heterocycles. The molecule has 4 nitrogen and oxygen atoms in total. The number of carboxylic acid groups (broad SMARTS) is 1. The first-order valence-corrected chi connectivity index (χ1v) is 5.16. The molecule has 5 heteroatoms. The summed E-state index contributed by atoms with van der Waals surface area (Å²) in [7, 11) is 3.19. The van der Waals surface area contributed by atoms with Crippen molar-refractivity contribution >= 4 is 13.5 Å². The van der Waals surface area contributed by atoms with Crippen molar-refractivity contribution in [2.45, 2.75) is 18.2 Å². The maximum atomic E-state index is 11.2. The maximum absolute atomic E-state index is 11.2. The van der Waals surface area contributed by atoms with Gasteiger partial charge in [0, 0.05) is 0 Å². The van der Waals surface area contributed by atoms with Gasteiger partial charge in [-0.25, -0.2) is 4.79 Å². The Morgan fingerprint density at radius 1 is 1.62 bits per heavy atom. The second-order valence-corrected chi connectivity index (χ2v) is 4.13. The van der Waals surface area contributed by atoms with Crippen molar-refractivity contribution in [1.29, 1.82) is 0 Å². The summed E-state index contributed by atoms with van der Waals surface area (Å²) in [5, 5.41) is 9.18. The lowest BCUT2D eigenvalue weighted by Gasteiger charge is -2.19. The average Bonchev–Trinajstić information content (AvgIpc) is 3.06. The molecule has 0 amide bonds. The summed E-state index contributed by atoms with van der Waals surface area (Å²) in [4.78, 5) is 11.2. The molecular weight excluding hydrogens is 207 g/mol. The molecule has 1 saturated carbocycles. The Bertz CT molecular complexity index is 471. The van der Waals surface area contributed by atoms with Crippen LogP contribution < -0.4 is 9.39 Å². The van der Waals surface area contributed by atoms with Gasteiger partial charge in [0.1, 0.15) is 17.1 Å². The van der Waals surface area contributed by atoms with Crippen LogP contribution in [0.15, 0.2) is 12.1 Å². The van der Waals surface area contributed by atoms with Crippen molar-refractivity contribution in [3.8, 4) is 11.5 Å². The molecule has 1 aliphatic carbocycles. The number of aromatic carboxylic acids is 1. The van der Waals surface area contributed by atoms with Gasteiger partial charge in [-0.2, -0.15) is 0 Å². The number of hydrogen-bond acceptors (Lipinski definition) is 3. The Kier molecular flexibility index (Phi) is 1.90. The number of methoxy groups -OCH3 is 1. The molecule has 3 rings (SSSR count). The summed E-state index contributed by atoms with van der Waals surface area (Å²) in [6.45, 7) is 0. The number of carboxylic acids is 1. The summed E-state index contributed by atoms with van der Waals surface area (Å²) in [6.07, 6.45) is 1.05. The molecule has 1 fully saturated rings. The molecule has 0 saturated heterocycles. The number of fused-ring (bicyclic) bond motifs is 3. The third-order valence-corrected chi connectivity index (χ3v) is 3.18. The predicted octanol–water partition coefficient (Wildman–Crippen LogP) is 1.68. The largest absolute Gasteiger partial charge is 0.562 e. The molecule has 0 bridgehead atoms. The molecule has 1 N–H and O–H groups in total. The Labute approximate surface area is 93.4 Å². The summed E-state index contributed by atoms with van der Waals surface area (Å²) >= 11 is 0. The van der Waals surface area contributed by atoms with Gasteiger partial charge in [-0.1, -0.05) is 6.07 Å². The van der Waals surface area contributed by atoms with Crippen LogP contribution in [-0.2, 0) is 0 Å². The van der Waals surface area contributed by atoms with Crippen molar-refractivity contribution in [2.75, 3.05) is 7.11 Å². The molecule has 1 aliphatic heterocycles. The van der Waals surface area contributed by atoms with Crippen molar-refractivity contribution in [2.24, 2.45) is 0 Å². The normalized spacial score (nSPS) is 24.6. The van der Waals surface area contributed by atoms with Crippen molar-refractivity contribution in [3.05, 3.63) is 23.3 Å². The van der Waals surface area contributed by atoms with E-state index in [9.17, 15) is 9.90 Å². The van der Waals surface area contributed by atoms with Crippen LogP contribution in [0.25, 0.3) is 0 Å². The number of carbonyl (C=O) groups is 1. The van der Waals surface area contributed by atoms with Gasteiger partial charge in [0.25, 0.3) is 0 Å². The molecule has 1 aromatic carbocycles. The van der Waals surface area contributed by atoms with Crippen molar-refractivity contribution in [3.63, 3.8) is 0 Å². The van der Waals surface area contributed by atoms with Crippen LogP contribution in [0.4, 0.5) is 0 Å². The van der Waals surface area contributed by atoms with Gasteiger partial charge >= 0.3 is 13.5 Å². The van der Waals surface area contributed by atoms with E-state index in [2.05, 4.69) is 0 Å². The van der Waals surface area contributed by atoms with E-state index in [0.717, 1.165) is 12.0 Å². The number of hydrogen-bond donors (Lipinski definition) is 1. The smallest absolute Gasteiger partial charge is 0.373 e. The van der Waals surface area contributed by atoms with E-state index < -0.39 is 5.97 Å². The summed E-state index contributed by atoms with van der Waals surface area (Å²) < 4.78 is 10.5. The molecule has 1 radical (unpaired) electrons. The molecule has 81 valence electrons. The SMILES string of the molecule is COc1ccc2c(c1C(=O)O)O[B]C1CC21. The lowest BCUT2D eigenvalue weighted by Crippen LogP contribution is -2.14. The summed E-state index contributed by atoms with van der Waals surface area (Å²) in [5.41, 5.74) is 1.12. The Balaban J connectivity index is 2.18. The lowest BCUT2D eigenvalue weighted by atomic mass is 9.84. The Hall–Kier alpha value is -1.65. The van der Waals surface area contributed by atoms with Gasteiger partial charge in [-0.05, 0) is 29.8 Å². The van der Waals surface area contributed by atoms with Crippen molar-refractivity contribution < 1.29 is 19.3 Å². The first kappa shape index (κ1) is 9.57. The zero-order valence-electron chi connectivity index (χ0n) is 8.77. The highest BCUT2D eigenvalue weighted by molar-refractivity contribution is 6.34. The topological polar surface area (TPSA) is 55.8 Å². The zero-order valence-corrected chi connectivity index (χ0v) is 8.77. The van der Waals surface area contributed by atoms with Gasteiger partial charge in [0.2, 0.25) is 0 Å². The molecule has 2 atom stereocenters. The highest BCUT2D eigenvalue weighted by Crippen LogP contribution is 2.58. The number of rotatable bonds is 2. The van der Waals surface area contributed by atoms with Gasteiger partial charge < -0.3 is 14.5 Å². The molecule has 2 aliphatic rings. The predicted molar refractivity (Wildman–Crippen MR) is 57.4 cm³/mol. The van der Waals surface area contributed by atoms with E-state index in [4.69, 9.17) is 9.39 Å². The first-order valence-electron chi connectivity index (χ1n) is 5.16. The second kappa shape index (κ2) is 3.17. The van der Waals surface area contributed by atoms with E-state index in [1.165, 1.54) is 7.11 Å². The molecule has 1 aromatic rings. The fourth-order valence-corrected chi connectivity index (χ4v) is 2.25. The van der Waals surface area contributed by atoms with Gasteiger partial charge in [0.05, 0.1) is 7.11 Å². The van der Waals surface area contributed by atoms with Crippen LogP contribution in [0.5, 0.6) is 11.5 Å². The van der Waals surface area contributed by atoms with Gasteiger partial charge in [0.15, 0.2) is 0 Å². The van der Waals surface area contributed by atoms with Crippen LogP contribution in [0.1, 0.15) is 28.3 Å². The summed E-state index contributed by atoms with van der Waals surface area (Å²) in [6, 6.07) is 3.60. The minimum atomic E-state index is -1.01. The summed E-state index contributed by atoms with van der Waals surface area (Å²) in [5.74, 6) is 0.681. The molecule has 16 heavy (non-hydrogen) atoms. The molecule has 0 spiro atoms. The lowest BCUT2D eigenvalue weighted by molar-refractivity contribution is 0.0691. The minimum Gasteiger partial charge on any atom is -0.562 e. The second-order valence-electron chi connectivity index (χ2n) is 4.13. The maximum Gasteiger partial charge on any atom is 0.373 e. The van der Waals surface area contributed by atoms with E-state index >= 15 is 0 Å². The van der Waals surface area contributed by atoms with Gasteiger partial charge in [-0.15, -0.1) is 0 Å². The quantitative estimate of drug-likeness (QED) is 0.765. The number of ether oxygens (including phenoxy) is 1. The molecular formula is C11H10BO4. The van der Waals surface area contributed by atoms with Crippen LogP contribution in [0.3, 0.4) is 0 Å². The average molecular weight is 217 g/mol. The van der Waals surface area contributed by atoms with Crippen LogP contribution in [0, 0.1) is 0 Å². The minimum absolute atomic E-state index is 0.126. The van der Waals surface area contributed by atoms with Crippen LogP contribution in [-0.4, -0.2) is 25.7 Å². The Morgan fingerprint density at radius 3 is 3.12 bits per heavy atom. The number of benzene rings is 1. The van der Waals surface area contributed by atoms with E-state index in [-0.39, 0.29) is 5.56 Å². The van der Waals surface area contributed by atoms with E-state index in [1.807, 2.05) is 6.07 Å². The standard InChI is InChI=1S/C11H10BO4/c1-15-8-3-2-5-6-4-7(6)12-16-10(5)9(8)11(13)14/h2-3,6-7H,4H2,1H3,(H,13,14). The van der Waals surface area contributed by atoms with Crippen molar-refractivity contribution in [1.82, 2.24) is 0 Å². The fraction of sp³-hybridized carbons (Fsp3) is 0.364. The van der Waals surface area contributed by atoms with E-state index in [1.54, 1.807) is 13.5 Å². The van der Waals surface area contributed by atoms with Crippen LogP contribution in [0.2, 0.25) is 5.82 Å². The van der Waals surface area contributed by atoms with Gasteiger partial charge in [-0.3, -0.25) is 0 Å². The zero-order chi connectivity index (χ0) is 11.3. The fourth-order valence-electron chi connectivity index (χ4n) is 2.25.